The normalized spacial score (nSPS) is 12.2. The number of aromatic nitrogens is 2. The van der Waals surface area contributed by atoms with Crippen LogP contribution in [0.4, 0.5) is 0 Å². The Balaban J connectivity index is 1.80. The Hall–Kier alpha value is -3.43. The highest BCUT2D eigenvalue weighted by molar-refractivity contribution is 6.42. The van der Waals surface area contributed by atoms with Crippen LogP contribution < -0.4 is 10.3 Å². The van der Waals surface area contributed by atoms with Gasteiger partial charge in [0.05, 0.1) is 39.7 Å². The number of amides is 1. The first-order valence-corrected chi connectivity index (χ1v) is 16.1. The number of para-hydroxylation sites is 1. The largest absolute Gasteiger partial charge is 0.494 e. The molecule has 0 bridgehead atoms. The molecule has 45 heavy (non-hydrogen) atoms. The molecule has 1 amide bonds. The van der Waals surface area contributed by atoms with E-state index in [-0.39, 0.29) is 23.8 Å². The molecule has 4 rings (SSSR count). The number of hydrogen-bond donors (Lipinski definition) is 0. The van der Waals surface area contributed by atoms with Crippen LogP contribution in [0.1, 0.15) is 37.1 Å². The minimum Gasteiger partial charge on any atom is -0.494 e. The van der Waals surface area contributed by atoms with Crippen molar-refractivity contribution in [2.24, 2.45) is 0 Å². The molecule has 0 aliphatic rings. The Morgan fingerprint density at radius 3 is 2.29 bits per heavy atom. The number of hydrogen-bond acceptors (Lipinski definition) is 6. The van der Waals surface area contributed by atoms with Crippen LogP contribution in [0, 0.1) is 0 Å². The zero-order valence-electron chi connectivity index (χ0n) is 26.8. The first-order valence-electron chi connectivity index (χ1n) is 15.3. The van der Waals surface area contributed by atoms with Crippen molar-refractivity contribution in [3.05, 3.63) is 98.5 Å². The number of rotatable bonds is 15. The molecule has 10 heteroatoms. The summed E-state index contributed by atoms with van der Waals surface area (Å²) < 4.78 is 7.38. The summed E-state index contributed by atoms with van der Waals surface area (Å²) in [5.74, 6) is 1.13. The second-order valence-electron chi connectivity index (χ2n) is 11.8. The van der Waals surface area contributed by atoms with Gasteiger partial charge in [-0.25, -0.2) is 4.98 Å². The van der Waals surface area contributed by atoms with E-state index in [0.29, 0.717) is 58.7 Å². The molecule has 0 aliphatic carbocycles. The third kappa shape index (κ3) is 9.30. The van der Waals surface area contributed by atoms with Gasteiger partial charge < -0.3 is 19.4 Å². The van der Waals surface area contributed by atoms with Crippen molar-refractivity contribution in [3.63, 3.8) is 0 Å². The van der Waals surface area contributed by atoms with Crippen LogP contribution in [0.15, 0.2) is 71.5 Å². The lowest BCUT2D eigenvalue weighted by molar-refractivity contribution is -0.131. The zero-order valence-corrected chi connectivity index (χ0v) is 28.3. The summed E-state index contributed by atoms with van der Waals surface area (Å²) in [5.41, 5.74) is 2.00. The number of fused-ring (bicyclic) bond motifs is 1. The van der Waals surface area contributed by atoms with Gasteiger partial charge in [0.15, 0.2) is 0 Å². The van der Waals surface area contributed by atoms with Crippen molar-refractivity contribution in [2.45, 2.75) is 32.1 Å². The molecule has 1 heterocycles. The van der Waals surface area contributed by atoms with E-state index in [1.165, 1.54) is 0 Å². The van der Waals surface area contributed by atoms with Gasteiger partial charge in [-0.05, 0) is 109 Å². The van der Waals surface area contributed by atoms with E-state index in [0.717, 1.165) is 30.7 Å². The topological polar surface area (TPSA) is 70.9 Å². The van der Waals surface area contributed by atoms with Crippen LogP contribution in [-0.2, 0) is 11.2 Å². The molecular weight excluding hydrogens is 609 g/mol. The number of nitrogens with zero attached hydrogens (tertiary/aromatic N) is 5. The van der Waals surface area contributed by atoms with Crippen molar-refractivity contribution < 1.29 is 9.53 Å². The predicted octanol–water partition coefficient (Wildman–Crippen LogP) is 6.15. The maximum absolute atomic E-state index is 14.2. The van der Waals surface area contributed by atoms with E-state index in [4.69, 9.17) is 32.9 Å². The minimum absolute atomic E-state index is 0.0244. The fourth-order valence-electron chi connectivity index (χ4n) is 5.33. The SMILES string of the molecule is CCOc1ccc(-n2c(C(CCCN(C)C)CN(CCN(C)C)C(=O)Cc3ccc(Cl)c(Cl)c3)nc3ccccc3c2=O)cc1. The van der Waals surface area contributed by atoms with Crippen LogP contribution in [0.25, 0.3) is 16.6 Å². The Bertz CT molecular complexity index is 1640. The Morgan fingerprint density at radius 2 is 1.62 bits per heavy atom. The molecule has 3 aromatic carbocycles. The molecule has 0 saturated carbocycles. The van der Waals surface area contributed by atoms with Gasteiger partial charge in [0.1, 0.15) is 11.6 Å². The maximum atomic E-state index is 14.2. The molecule has 8 nitrogen and oxygen atoms in total. The van der Waals surface area contributed by atoms with Gasteiger partial charge >= 0.3 is 0 Å². The fraction of sp³-hybridized carbons (Fsp3) is 0.400. The van der Waals surface area contributed by atoms with Crippen molar-refractivity contribution in [1.29, 1.82) is 0 Å². The van der Waals surface area contributed by atoms with Gasteiger partial charge in [-0.3, -0.25) is 14.2 Å². The van der Waals surface area contributed by atoms with Crippen molar-refractivity contribution in [1.82, 2.24) is 24.3 Å². The highest BCUT2D eigenvalue weighted by Crippen LogP contribution is 2.27. The van der Waals surface area contributed by atoms with Crippen LogP contribution in [0.2, 0.25) is 10.0 Å². The first-order chi connectivity index (χ1) is 21.6. The van der Waals surface area contributed by atoms with Gasteiger partial charge in [0.2, 0.25) is 5.91 Å². The number of carbonyl (C=O) groups is 1. The lowest BCUT2D eigenvalue weighted by atomic mass is 9.99. The van der Waals surface area contributed by atoms with Gasteiger partial charge in [-0.1, -0.05) is 41.4 Å². The average molecular weight is 653 g/mol. The highest BCUT2D eigenvalue weighted by atomic mass is 35.5. The number of halogens is 2. The van der Waals surface area contributed by atoms with Gasteiger partial charge in [0.25, 0.3) is 5.56 Å². The van der Waals surface area contributed by atoms with Crippen LogP contribution in [0.3, 0.4) is 0 Å². The zero-order chi connectivity index (χ0) is 32.5. The number of carbonyl (C=O) groups excluding carboxylic acids is 1. The van der Waals surface area contributed by atoms with Gasteiger partial charge in [-0.2, -0.15) is 0 Å². The molecule has 0 spiro atoms. The third-order valence-electron chi connectivity index (χ3n) is 7.68. The van der Waals surface area contributed by atoms with Crippen LogP contribution >= 0.6 is 23.2 Å². The molecule has 1 aromatic heterocycles. The predicted molar refractivity (Wildman–Crippen MR) is 184 cm³/mol. The standard InChI is InChI=1S/C35H43Cl2N5O3/c1-6-45-28-16-14-27(15-17-28)42-34(38-32-12-8-7-11-29(32)35(42)44)26(10-9-19-39(2)3)24-41(21-20-40(4)5)33(43)23-25-13-18-30(36)31(37)22-25/h7-8,11-18,22,26H,6,9-10,19-21,23-24H2,1-5H3. The molecule has 4 aromatic rings. The Labute approximate surface area is 276 Å². The summed E-state index contributed by atoms with van der Waals surface area (Å²) in [6, 6.07) is 20.3. The van der Waals surface area contributed by atoms with Crippen molar-refractivity contribution >= 4 is 40.0 Å². The Morgan fingerprint density at radius 1 is 0.911 bits per heavy atom. The molecular formula is C35H43Cl2N5O3. The first kappa shape index (κ1) is 34.4. The monoisotopic (exact) mass is 651 g/mol. The maximum Gasteiger partial charge on any atom is 0.265 e. The summed E-state index contributed by atoms with van der Waals surface area (Å²) in [7, 11) is 8.07. The smallest absolute Gasteiger partial charge is 0.265 e. The van der Waals surface area contributed by atoms with E-state index >= 15 is 0 Å². The van der Waals surface area contributed by atoms with Crippen molar-refractivity contribution in [2.75, 3.05) is 61.0 Å². The van der Waals surface area contributed by atoms with E-state index in [2.05, 4.69) is 9.80 Å². The summed E-state index contributed by atoms with van der Waals surface area (Å²) >= 11 is 12.4. The quantitative estimate of drug-likeness (QED) is 0.154. The summed E-state index contributed by atoms with van der Waals surface area (Å²) in [5, 5.41) is 1.42. The number of ether oxygens (including phenoxy) is 1. The molecule has 0 saturated heterocycles. The van der Waals surface area contributed by atoms with Gasteiger partial charge in [0, 0.05) is 25.6 Å². The van der Waals surface area contributed by atoms with E-state index < -0.39 is 0 Å². The molecule has 240 valence electrons. The summed E-state index contributed by atoms with van der Waals surface area (Å²) in [6.45, 7) is 4.98. The summed E-state index contributed by atoms with van der Waals surface area (Å²) in [6.07, 6.45) is 1.79. The highest BCUT2D eigenvalue weighted by Gasteiger charge is 2.26. The third-order valence-corrected chi connectivity index (χ3v) is 8.42. The molecule has 1 atom stereocenters. The molecule has 0 N–H and O–H groups in total. The average Bonchev–Trinajstić information content (AvgIpc) is 3.00. The number of likely N-dealkylation sites (N-methyl/N-ethyl adjacent to an activating group) is 1. The van der Waals surface area contributed by atoms with Crippen LogP contribution in [0.5, 0.6) is 5.75 Å². The Kier molecular flexibility index (Phi) is 12.4. The second kappa shape index (κ2) is 16.2. The van der Waals surface area contributed by atoms with E-state index in [1.54, 1.807) is 16.7 Å². The van der Waals surface area contributed by atoms with E-state index in [9.17, 15) is 9.59 Å². The fourth-order valence-corrected chi connectivity index (χ4v) is 5.65. The van der Waals surface area contributed by atoms with Gasteiger partial charge in [-0.15, -0.1) is 0 Å². The summed E-state index contributed by atoms with van der Waals surface area (Å²) in [4.78, 5) is 39.3. The second-order valence-corrected chi connectivity index (χ2v) is 12.6. The molecule has 0 aliphatic heterocycles. The molecule has 0 radical (unpaired) electrons. The minimum atomic E-state index is -0.214. The van der Waals surface area contributed by atoms with Crippen molar-refractivity contribution in [3.8, 4) is 11.4 Å². The van der Waals surface area contributed by atoms with E-state index in [1.807, 2.05) is 94.6 Å². The lowest BCUT2D eigenvalue weighted by Crippen LogP contribution is -2.41. The number of benzene rings is 3. The van der Waals surface area contributed by atoms with Crippen LogP contribution in [-0.4, -0.2) is 91.1 Å². The lowest BCUT2D eigenvalue weighted by Gasteiger charge is -2.30. The molecule has 0 fully saturated rings. The molecule has 1 unspecified atom stereocenters.